The predicted octanol–water partition coefficient (Wildman–Crippen LogP) is 2.50. The van der Waals surface area contributed by atoms with E-state index in [1.807, 2.05) is 0 Å². The molecule has 0 atom stereocenters. The van der Waals surface area contributed by atoms with Crippen LogP contribution in [0.5, 0.6) is 0 Å². The molecule has 0 amide bonds. The minimum atomic E-state index is -6.48. The van der Waals surface area contributed by atoms with Crippen LogP contribution in [0.1, 0.15) is 0 Å². The van der Waals surface area contributed by atoms with Gasteiger partial charge in [0.1, 0.15) is 0 Å². The van der Waals surface area contributed by atoms with Crippen LogP contribution >= 0.6 is 0 Å². The van der Waals surface area contributed by atoms with Gasteiger partial charge in [0, 0.05) is 12.1 Å². The highest BCUT2D eigenvalue weighted by molar-refractivity contribution is 7.94. The molecule has 132 valence electrons. The van der Waals surface area contributed by atoms with Crippen molar-refractivity contribution in [3.05, 3.63) is 35.4 Å². The average Bonchev–Trinajstić information content (AvgIpc) is 2.37. The van der Waals surface area contributed by atoms with Crippen molar-refractivity contribution in [2.75, 3.05) is 0 Å². The molecule has 0 unspecified atom stereocenters. The molecule has 0 bridgehead atoms. The summed E-state index contributed by atoms with van der Waals surface area (Å²) in [5, 5.41) is -6.35. The Morgan fingerprint density at radius 3 is 1.87 bits per heavy atom. The first-order valence-electron chi connectivity index (χ1n) is 5.29. The summed E-state index contributed by atoms with van der Waals surface area (Å²) in [4.78, 5) is 2.25. The van der Waals surface area contributed by atoms with Gasteiger partial charge in [-0.25, -0.2) is 26.6 Å². The molecule has 1 aromatic rings. The van der Waals surface area contributed by atoms with Crippen molar-refractivity contribution in [2.45, 2.75) is 23.9 Å². The fourth-order valence-corrected chi connectivity index (χ4v) is 1.85. The Balaban J connectivity index is 3.12. The predicted molar refractivity (Wildman–Crippen MR) is 56.2 cm³/mol. The van der Waals surface area contributed by atoms with Crippen LogP contribution in [0.2, 0.25) is 0 Å². The number of sulfonamides is 1. The zero-order valence-electron chi connectivity index (χ0n) is 10.5. The fraction of sp³-hybridized carbons (Fsp3) is 0.444. The molecule has 1 rings (SSSR count). The van der Waals surface area contributed by atoms with Crippen LogP contribution in [-0.4, -0.2) is 32.3 Å². The third-order valence-electron chi connectivity index (χ3n) is 2.08. The lowest BCUT2D eigenvalue weighted by molar-refractivity contribution is -0.614. The minimum Gasteiger partial charge on any atom is -0.317 e. The zero-order chi connectivity index (χ0) is 18.1. The number of alkyl halides is 8. The second-order valence-electron chi connectivity index (χ2n) is 3.81. The number of hydrogen-bond donors (Lipinski definition) is 0. The summed E-state index contributed by atoms with van der Waals surface area (Å²) in [6.45, 7) is 0. The number of ether oxygens (including phenoxy) is 1. The molecule has 23 heavy (non-hydrogen) atoms. The highest BCUT2D eigenvalue weighted by Gasteiger charge is 2.69. The van der Waals surface area contributed by atoms with Gasteiger partial charge in [0.15, 0.2) is 12.4 Å². The largest absolute Gasteiger partial charge is 0.438 e. The Morgan fingerprint density at radius 2 is 1.43 bits per heavy atom. The first-order chi connectivity index (χ1) is 10.2. The molecule has 0 spiro atoms. The molecule has 0 radical (unpaired) electrons. The summed E-state index contributed by atoms with van der Waals surface area (Å²) in [6.07, 6.45) is -15.9. The molecule has 0 aliphatic rings. The lowest BCUT2D eigenvalue weighted by Gasteiger charge is -2.31. The summed E-state index contributed by atoms with van der Waals surface area (Å²) >= 11 is 0. The minimum absolute atomic E-state index is 0.157. The molecule has 0 saturated heterocycles. The smallest absolute Gasteiger partial charge is 0.317 e. The van der Waals surface area contributed by atoms with Crippen molar-refractivity contribution in [1.29, 1.82) is 0 Å². The Labute approximate surface area is 123 Å². The lowest BCUT2D eigenvalue weighted by Crippen LogP contribution is -2.54. The number of rotatable bonds is 7. The highest BCUT2D eigenvalue weighted by atomic mass is 32.2. The van der Waals surface area contributed by atoms with Gasteiger partial charge in [0.05, 0.1) is 0 Å². The van der Waals surface area contributed by atoms with E-state index in [4.69, 9.17) is 0 Å². The summed E-state index contributed by atoms with van der Waals surface area (Å²) in [7, 11) is -6.47. The van der Waals surface area contributed by atoms with E-state index in [-0.39, 0.29) is 4.68 Å². The van der Waals surface area contributed by atoms with Crippen LogP contribution in [0.3, 0.4) is 0 Å². The van der Waals surface area contributed by atoms with Gasteiger partial charge < -0.3 is 4.83 Å². The molecular weight excluding hydrogens is 368 g/mol. The van der Waals surface area contributed by atoms with Crippen LogP contribution in [0.4, 0.5) is 35.1 Å². The monoisotopic (exact) mass is 374 g/mol. The number of halogens is 8. The van der Waals surface area contributed by atoms with E-state index in [9.17, 15) is 43.5 Å². The van der Waals surface area contributed by atoms with Gasteiger partial charge in [-0.3, -0.25) is 0 Å². The van der Waals surface area contributed by atoms with Gasteiger partial charge in [-0.2, -0.15) is 26.3 Å². The number of nitrogens with zero attached hydrogens (tertiary/aromatic N) is 2. The average molecular weight is 374 g/mol. The Morgan fingerprint density at radius 1 is 0.957 bits per heavy atom. The third kappa shape index (κ3) is 3.99. The molecule has 0 fully saturated rings. The van der Waals surface area contributed by atoms with Gasteiger partial charge in [-0.05, 0) is 0 Å². The summed E-state index contributed by atoms with van der Waals surface area (Å²) in [5.41, 5.74) is 0. The summed E-state index contributed by atoms with van der Waals surface area (Å²) in [6, 6.07) is 3.45. The van der Waals surface area contributed by atoms with E-state index < -0.39 is 33.9 Å². The third-order valence-corrected chi connectivity index (χ3v) is 3.37. The number of hydrogen-bond acceptors (Lipinski definition) is 3. The standard InChI is InChI=1S/C9H6F8N2O3S/c10-6(11)7(12,13)22-8(14,15)9(16,17)23(20,21)18-19-4-2-1-3-5-19/h1-6H. The molecule has 0 saturated carbocycles. The van der Waals surface area contributed by atoms with Gasteiger partial charge in [-0.1, -0.05) is 6.07 Å². The van der Waals surface area contributed by atoms with E-state index in [1.165, 1.54) is 6.07 Å². The van der Waals surface area contributed by atoms with Gasteiger partial charge in [0.25, 0.3) is 0 Å². The Bertz CT molecular complexity index is 637. The van der Waals surface area contributed by atoms with Crippen molar-refractivity contribution in [1.82, 2.24) is 0 Å². The molecule has 5 nitrogen and oxygen atoms in total. The maximum atomic E-state index is 13.3. The lowest BCUT2D eigenvalue weighted by atomic mass is 10.5. The van der Waals surface area contributed by atoms with E-state index in [0.717, 1.165) is 24.5 Å². The van der Waals surface area contributed by atoms with Crippen molar-refractivity contribution in [3.8, 4) is 0 Å². The van der Waals surface area contributed by atoms with E-state index in [0.29, 0.717) is 0 Å². The second kappa shape index (κ2) is 6.07. The molecular formula is C9H6F8N2O3S. The summed E-state index contributed by atoms with van der Waals surface area (Å²) < 4.78 is 126. The van der Waals surface area contributed by atoms with Gasteiger partial charge in [-0.15, -0.1) is 0 Å². The fourth-order valence-electron chi connectivity index (χ4n) is 1.04. The van der Waals surface area contributed by atoms with Crippen molar-refractivity contribution < 1.29 is 53.0 Å². The summed E-state index contributed by atoms with van der Waals surface area (Å²) in [5.74, 6) is 0. The number of pyridine rings is 1. The van der Waals surface area contributed by atoms with Crippen LogP contribution in [0.15, 0.2) is 30.6 Å². The van der Waals surface area contributed by atoms with Crippen molar-refractivity contribution >= 4 is 10.0 Å². The van der Waals surface area contributed by atoms with Gasteiger partial charge in [0.2, 0.25) is 10.0 Å². The molecule has 1 heterocycles. The first kappa shape index (κ1) is 19.3. The Hall–Kier alpha value is -1.70. The quantitative estimate of drug-likeness (QED) is 0.544. The van der Waals surface area contributed by atoms with E-state index in [1.54, 1.807) is 0 Å². The molecule has 1 aromatic heterocycles. The molecule has 14 heteroatoms. The molecule has 0 aliphatic heterocycles. The van der Waals surface area contributed by atoms with Crippen LogP contribution in [0.25, 0.3) is 4.83 Å². The first-order valence-corrected chi connectivity index (χ1v) is 6.73. The maximum Gasteiger partial charge on any atom is 0.438 e. The second-order valence-corrected chi connectivity index (χ2v) is 5.44. The van der Waals surface area contributed by atoms with Crippen molar-refractivity contribution in [3.63, 3.8) is 0 Å². The van der Waals surface area contributed by atoms with E-state index in [2.05, 4.69) is 9.57 Å². The SMILES string of the molecule is O=S(=O)([N-][n+]1ccccc1)C(F)(F)C(F)(F)OC(F)(F)C(F)F. The van der Waals surface area contributed by atoms with Crippen LogP contribution in [0, 0.1) is 0 Å². The molecule has 0 aromatic carbocycles. The normalized spacial score (nSPS) is 14.1. The number of aromatic nitrogens is 1. The van der Waals surface area contributed by atoms with Crippen LogP contribution < -0.4 is 4.68 Å². The topological polar surface area (TPSA) is 61.4 Å². The van der Waals surface area contributed by atoms with Crippen molar-refractivity contribution in [2.24, 2.45) is 0 Å². The zero-order valence-corrected chi connectivity index (χ0v) is 11.3. The highest BCUT2D eigenvalue weighted by Crippen LogP contribution is 2.45. The maximum absolute atomic E-state index is 13.3. The molecule has 0 aliphatic carbocycles. The Kier molecular flexibility index (Phi) is 5.10. The van der Waals surface area contributed by atoms with E-state index >= 15 is 0 Å². The molecule has 0 N–H and O–H groups in total. The van der Waals surface area contributed by atoms with Crippen LogP contribution in [-0.2, 0) is 14.8 Å². The van der Waals surface area contributed by atoms with Gasteiger partial charge >= 0.3 is 23.9 Å².